The first-order chi connectivity index (χ1) is 17.0. The third kappa shape index (κ3) is 5.36. The summed E-state index contributed by atoms with van der Waals surface area (Å²) in [4.78, 5) is 12.9. The fourth-order valence-electron chi connectivity index (χ4n) is 3.62. The quantitative estimate of drug-likeness (QED) is 0.492. The minimum atomic E-state index is -4.52. The number of alkyl halides is 3. The Bertz CT molecular complexity index is 1380. The summed E-state index contributed by atoms with van der Waals surface area (Å²) >= 11 is 6.09. The van der Waals surface area contributed by atoms with Crippen LogP contribution in [0.3, 0.4) is 0 Å². The predicted octanol–water partition coefficient (Wildman–Crippen LogP) is 4.64. The van der Waals surface area contributed by atoms with Gasteiger partial charge in [-0.1, -0.05) is 23.7 Å². The molecular formula is C24H20ClF3N2O5S. The monoisotopic (exact) mass is 540 g/mol. The first kappa shape index (κ1) is 25.6. The fourth-order valence-corrected chi connectivity index (χ4v) is 5.26. The molecular weight excluding hydrogens is 521 g/mol. The van der Waals surface area contributed by atoms with E-state index in [1.54, 1.807) is 0 Å². The summed E-state index contributed by atoms with van der Waals surface area (Å²) in [5.74, 6) is -0.115. The Balaban J connectivity index is 1.59. The van der Waals surface area contributed by atoms with Gasteiger partial charge in [0.1, 0.15) is 11.5 Å². The van der Waals surface area contributed by atoms with E-state index in [1.165, 1.54) is 61.7 Å². The summed E-state index contributed by atoms with van der Waals surface area (Å²) in [6.07, 6.45) is -5.79. The van der Waals surface area contributed by atoms with Gasteiger partial charge in [0, 0.05) is 11.6 Å². The van der Waals surface area contributed by atoms with Crippen molar-refractivity contribution < 1.29 is 35.9 Å². The summed E-state index contributed by atoms with van der Waals surface area (Å²) < 4.78 is 77.7. The number of nitrogens with one attached hydrogen (secondary N) is 1. The highest BCUT2D eigenvalue weighted by Gasteiger charge is 2.38. The Kier molecular flexibility index (Phi) is 7.05. The van der Waals surface area contributed by atoms with E-state index < -0.39 is 33.8 Å². The van der Waals surface area contributed by atoms with Crippen molar-refractivity contribution in [1.29, 1.82) is 0 Å². The highest BCUT2D eigenvalue weighted by molar-refractivity contribution is 7.92. The van der Waals surface area contributed by atoms with Crippen LogP contribution in [0.5, 0.6) is 11.5 Å². The fraction of sp³-hybridized carbons (Fsp3) is 0.208. The third-order valence-electron chi connectivity index (χ3n) is 5.45. The van der Waals surface area contributed by atoms with Crippen molar-refractivity contribution in [2.75, 3.05) is 18.0 Å². The van der Waals surface area contributed by atoms with E-state index in [-0.39, 0.29) is 40.0 Å². The number of methoxy groups -OCH3 is 1. The molecule has 0 saturated carbocycles. The molecule has 0 unspecified atom stereocenters. The minimum Gasteiger partial charge on any atom is -0.497 e. The van der Waals surface area contributed by atoms with E-state index >= 15 is 0 Å². The van der Waals surface area contributed by atoms with Gasteiger partial charge in [-0.05, 0) is 60.2 Å². The molecule has 1 aliphatic heterocycles. The molecule has 1 aliphatic rings. The summed E-state index contributed by atoms with van der Waals surface area (Å²) in [7, 11) is -2.69. The maximum atomic E-state index is 13.5. The number of hydrogen-bond acceptors (Lipinski definition) is 5. The van der Waals surface area contributed by atoms with Crippen LogP contribution in [0.4, 0.5) is 18.9 Å². The highest BCUT2D eigenvalue weighted by Crippen LogP contribution is 2.39. The molecule has 4 rings (SSSR count). The van der Waals surface area contributed by atoms with E-state index in [9.17, 15) is 26.4 Å². The summed E-state index contributed by atoms with van der Waals surface area (Å²) in [5, 5.41) is 2.78. The van der Waals surface area contributed by atoms with Gasteiger partial charge in [0.2, 0.25) is 0 Å². The first-order valence-corrected chi connectivity index (χ1v) is 12.4. The second-order valence-electron chi connectivity index (χ2n) is 7.85. The number of halogens is 4. The second kappa shape index (κ2) is 9.90. The highest BCUT2D eigenvalue weighted by atomic mass is 35.5. The van der Waals surface area contributed by atoms with Gasteiger partial charge in [-0.3, -0.25) is 9.10 Å². The van der Waals surface area contributed by atoms with Crippen molar-refractivity contribution in [3.05, 3.63) is 82.9 Å². The SMILES string of the molecule is COc1ccc(S(=O)(=O)N2C[C@H](C(=O)NCc3cccc(C(F)(F)F)c3)Oc3ccc(Cl)cc32)cc1. The normalized spacial score (nSPS) is 15.6. The van der Waals surface area contributed by atoms with Crippen LogP contribution in [-0.4, -0.2) is 34.1 Å². The number of amides is 1. The lowest BCUT2D eigenvalue weighted by atomic mass is 10.1. The number of nitrogens with zero attached hydrogens (tertiary/aromatic N) is 1. The predicted molar refractivity (Wildman–Crippen MR) is 127 cm³/mol. The maximum Gasteiger partial charge on any atom is 0.416 e. The zero-order chi connectivity index (χ0) is 26.1. The van der Waals surface area contributed by atoms with Crippen molar-refractivity contribution >= 4 is 33.2 Å². The van der Waals surface area contributed by atoms with Crippen molar-refractivity contribution in [2.45, 2.75) is 23.7 Å². The lowest BCUT2D eigenvalue weighted by Crippen LogP contribution is -2.50. The standard InChI is InChI=1S/C24H20ClF3N2O5S/c1-34-18-6-8-19(9-7-18)36(32,33)30-14-22(35-21-10-5-17(25)12-20(21)30)23(31)29-13-15-3-2-4-16(11-15)24(26,27)28/h2-12,22H,13-14H2,1H3,(H,29,31)/t22-/m1/s1. The average Bonchev–Trinajstić information content (AvgIpc) is 2.86. The zero-order valence-electron chi connectivity index (χ0n) is 18.8. The van der Waals surface area contributed by atoms with Crippen LogP contribution in [0.2, 0.25) is 5.02 Å². The van der Waals surface area contributed by atoms with Crippen LogP contribution in [0.15, 0.2) is 71.6 Å². The molecule has 1 heterocycles. The number of ether oxygens (including phenoxy) is 2. The Labute approximate surface area is 210 Å². The van der Waals surface area contributed by atoms with E-state index in [0.29, 0.717) is 5.75 Å². The number of carbonyl (C=O) groups is 1. The largest absolute Gasteiger partial charge is 0.497 e. The van der Waals surface area contributed by atoms with Crippen LogP contribution in [0.1, 0.15) is 11.1 Å². The van der Waals surface area contributed by atoms with Crippen molar-refractivity contribution in [2.24, 2.45) is 0 Å². The molecule has 0 radical (unpaired) electrons. The lowest BCUT2D eigenvalue weighted by molar-refractivity contribution is -0.137. The number of rotatable bonds is 6. The average molecular weight is 541 g/mol. The molecule has 0 bridgehead atoms. The molecule has 3 aromatic carbocycles. The van der Waals surface area contributed by atoms with Crippen LogP contribution in [0, 0.1) is 0 Å². The van der Waals surface area contributed by atoms with E-state index in [1.807, 2.05) is 0 Å². The van der Waals surface area contributed by atoms with Crippen LogP contribution in [0.25, 0.3) is 0 Å². The molecule has 36 heavy (non-hydrogen) atoms. The first-order valence-electron chi connectivity index (χ1n) is 10.6. The molecule has 0 aromatic heterocycles. The number of fused-ring (bicyclic) bond motifs is 1. The van der Waals surface area contributed by atoms with Crippen LogP contribution < -0.4 is 19.1 Å². The molecule has 1 amide bonds. The Morgan fingerprint density at radius 2 is 1.86 bits per heavy atom. The van der Waals surface area contributed by atoms with Gasteiger partial charge in [-0.15, -0.1) is 0 Å². The van der Waals surface area contributed by atoms with Crippen LogP contribution in [-0.2, 0) is 27.5 Å². The van der Waals surface area contributed by atoms with Gasteiger partial charge in [0.05, 0.1) is 29.8 Å². The molecule has 3 aromatic rings. The Morgan fingerprint density at radius 3 is 2.53 bits per heavy atom. The van der Waals surface area contributed by atoms with Crippen LogP contribution >= 0.6 is 11.6 Å². The molecule has 0 saturated heterocycles. The topological polar surface area (TPSA) is 84.9 Å². The van der Waals surface area contributed by atoms with Gasteiger partial charge >= 0.3 is 6.18 Å². The van der Waals surface area contributed by atoms with Crippen molar-refractivity contribution in [3.63, 3.8) is 0 Å². The Morgan fingerprint density at radius 1 is 1.14 bits per heavy atom. The van der Waals surface area contributed by atoms with E-state index in [4.69, 9.17) is 21.1 Å². The number of sulfonamides is 1. The number of benzene rings is 3. The van der Waals surface area contributed by atoms with Gasteiger partial charge < -0.3 is 14.8 Å². The summed E-state index contributed by atoms with van der Waals surface area (Å²) in [6, 6.07) is 14.6. The number of hydrogen-bond donors (Lipinski definition) is 1. The lowest BCUT2D eigenvalue weighted by Gasteiger charge is -2.35. The van der Waals surface area contributed by atoms with E-state index in [0.717, 1.165) is 16.4 Å². The van der Waals surface area contributed by atoms with Gasteiger partial charge in [-0.2, -0.15) is 13.2 Å². The molecule has 190 valence electrons. The third-order valence-corrected chi connectivity index (χ3v) is 7.48. The smallest absolute Gasteiger partial charge is 0.416 e. The molecule has 7 nitrogen and oxygen atoms in total. The molecule has 0 spiro atoms. The number of anilines is 1. The molecule has 12 heteroatoms. The molecule has 1 atom stereocenters. The summed E-state index contributed by atoms with van der Waals surface area (Å²) in [6.45, 7) is -0.586. The van der Waals surface area contributed by atoms with Gasteiger partial charge in [0.15, 0.2) is 6.10 Å². The minimum absolute atomic E-state index is 0.0424. The van der Waals surface area contributed by atoms with Crippen molar-refractivity contribution in [1.82, 2.24) is 5.32 Å². The van der Waals surface area contributed by atoms with Gasteiger partial charge in [-0.25, -0.2) is 8.42 Å². The Hall–Kier alpha value is -3.44. The number of carbonyl (C=O) groups excluding carboxylic acids is 1. The van der Waals surface area contributed by atoms with Crippen molar-refractivity contribution in [3.8, 4) is 11.5 Å². The molecule has 0 aliphatic carbocycles. The van der Waals surface area contributed by atoms with E-state index in [2.05, 4.69) is 5.32 Å². The second-order valence-corrected chi connectivity index (χ2v) is 10.1. The van der Waals surface area contributed by atoms with Gasteiger partial charge in [0.25, 0.3) is 15.9 Å². The summed E-state index contributed by atoms with van der Waals surface area (Å²) in [5.41, 5.74) is -0.463. The molecule has 1 N–H and O–H groups in total. The zero-order valence-corrected chi connectivity index (χ0v) is 20.3. The molecule has 0 fully saturated rings. The maximum absolute atomic E-state index is 13.5.